The number of hydrogen-bond donors (Lipinski definition) is 2. The number of aliphatic hydroxyl groups is 1. The van der Waals surface area contributed by atoms with E-state index in [2.05, 4.69) is 10.1 Å². The molecular formula is C11H12N4O4. The molecule has 19 heavy (non-hydrogen) atoms. The van der Waals surface area contributed by atoms with Gasteiger partial charge in [0, 0.05) is 6.07 Å². The minimum absolute atomic E-state index is 0.0307. The number of nitrogens with zero attached hydrogens (tertiary/aromatic N) is 3. The highest BCUT2D eigenvalue weighted by Gasteiger charge is 2.23. The molecule has 1 aromatic carbocycles. The zero-order valence-electron chi connectivity index (χ0n) is 10.1. The Morgan fingerprint density at radius 3 is 2.79 bits per heavy atom. The van der Waals surface area contributed by atoms with E-state index in [1.54, 1.807) is 12.1 Å². The van der Waals surface area contributed by atoms with Crippen LogP contribution >= 0.6 is 0 Å². The number of benzene rings is 1. The van der Waals surface area contributed by atoms with Gasteiger partial charge in [-0.1, -0.05) is 17.3 Å². The van der Waals surface area contributed by atoms with Gasteiger partial charge in [0.15, 0.2) is 0 Å². The molecule has 3 N–H and O–H groups in total. The lowest BCUT2D eigenvalue weighted by molar-refractivity contribution is -0.384. The van der Waals surface area contributed by atoms with Crippen molar-refractivity contribution in [3.05, 3.63) is 40.3 Å². The van der Waals surface area contributed by atoms with Crippen LogP contribution in [0, 0.1) is 10.1 Å². The van der Waals surface area contributed by atoms with Gasteiger partial charge in [0.05, 0.1) is 11.0 Å². The molecule has 0 radical (unpaired) electrons. The Morgan fingerprint density at radius 2 is 2.16 bits per heavy atom. The van der Waals surface area contributed by atoms with Gasteiger partial charge in [-0.25, -0.2) is 0 Å². The molecule has 1 aromatic heterocycles. The van der Waals surface area contributed by atoms with Gasteiger partial charge in [-0.2, -0.15) is 4.98 Å². The minimum Gasteiger partial charge on any atom is -0.391 e. The third-order valence-corrected chi connectivity index (χ3v) is 2.59. The minimum atomic E-state index is -0.862. The summed E-state index contributed by atoms with van der Waals surface area (Å²) >= 11 is 0. The van der Waals surface area contributed by atoms with E-state index in [9.17, 15) is 15.2 Å². The molecule has 0 saturated heterocycles. The number of nitrogens with two attached hydrogens (primary N) is 1. The van der Waals surface area contributed by atoms with Gasteiger partial charge >= 0.3 is 0 Å². The molecule has 2 rings (SSSR count). The molecule has 0 aliphatic rings. The molecule has 100 valence electrons. The van der Waals surface area contributed by atoms with Crippen molar-refractivity contribution in [2.24, 2.45) is 5.73 Å². The summed E-state index contributed by atoms with van der Waals surface area (Å²) < 4.78 is 4.91. The fourth-order valence-electron chi connectivity index (χ4n) is 1.51. The van der Waals surface area contributed by atoms with Gasteiger partial charge in [-0.15, -0.1) is 0 Å². The molecule has 0 fully saturated rings. The van der Waals surface area contributed by atoms with Gasteiger partial charge in [-0.05, 0) is 13.0 Å². The third-order valence-electron chi connectivity index (χ3n) is 2.59. The van der Waals surface area contributed by atoms with Crippen molar-refractivity contribution < 1.29 is 14.6 Å². The summed E-state index contributed by atoms with van der Waals surface area (Å²) in [5.41, 5.74) is 5.76. The van der Waals surface area contributed by atoms with E-state index in [1.807, 2.05) is 0 Å². The predicted octanol–water partition coefficient (Wildman–Crippen LogP) is 1.03. The van der Waals surface area contributed by atoms with Crippen molar-refractivity contribution in [2.45, 2.75) is 19.1 Å². The molecule has 8 nitrogen and oxygen atoms in total. The molecule has 2 unspecified atom stereocenters. The van der Waals surface area contributed by atoms with Gasteiger partial charge in [0.25, 0.3) is 5.69 Å². The maximum atomic E-state index is 10.9. The SMILES string of the molecule is CC(O)C(N)c1nc(-c2ccccc2[N+](=O)[O-])no1. The highest BCUT2D eigenvalue weighted by Crippen LogP contribution is 2.27. The van der Waals surface area contributed by atoms with E-state index in [1.165, 1.54) is 19.1 Å². The predicted molar refractivity (Wildman–Crippen MR) is 65.0 cm³/mol. The van der Waals surface area contributed by atoms with Gasteiger partial charge in [0.2, 0.25) is 11.7 Å². The van der Waals surface area contributed by atoms with Gasteiger partial charge in [0.1, 0.15) is 11.6 Å². The zero-order valence-corrected chi connectivity index (χ0v) is 10.1. The van der Waals surface area contributed by atoms with Crippen LogP contribution in [0.15, 0.2) is 28.8 Å². The summed E-state index contributed by atoms with van der Waals surface area (Å²) in [4.78, 5) is 14.3. The second-order valence-electron chi connectivity index (χ2n) is 4.00. The van der Waals surface area contributed by atoms with Crippen LogP contribution < -0.4 is 5.73 Å². The molecule has 0 spiro atoms. The topological polar surface area (TPSA) is 128 Å². The maximum Gasteiger partial charge on any atom is 0.280 e. The normalized spacial score (nSPS) is 14.1. The lowest BCUT2D eigenvalue weighted by Crippen LogP contribution is -2.23. The quantitative estimate of drug-likeness (QED) is 0.623. The van der Waals surface area contributed by atoms with E-state index >= 15 is 0 Å². The van der Waals surface area contributed by atoms with Crippen LogP contribution in [-0.4, -0.2) is 26.3 Å². The number of aromatic nitrogens is 2. The summed E-state index contributed by atoms with van der Waals surface area (Å²) in [5, 5.41) is 23.9. The average molecular weight is 264 g/mol. The van der Waals surface area contributed by atoms with E-state index in [-0.39, 0.29) is 23.0 Å². The number of hydrogen-bond acceptors (Lipinski definition) is 7. The summed E-state index contributed by atoms with van der Waals surface area (Å²) in [6.07, 6.45) is -0.862. The molecule has 0 aliphatic heterocycles. The molecule has 2 atom stereocenters. The first-order chi connectivity index (χ1) is 9.00. The van der Waals surface area contributed by atoms with Crippen molar-refractivity contribution in [1.29, 1.82) is 0 Å². The summed E-state index contributed by atoms with van der Waals surface area (Å²) in [6.45, 7) is 1.49. The molecule has 8 heteroatoms. The number of aliphatic hydroxyl groups excluding tert-OH is 1. The van der Waals surface area contributed by atoms with Crippen LogP contribution in [0.1, 0.15) is 18.9 Å². The molecular weight excluding hydrogens is 252 g/mol. The standard InChI is InChI=1S/C11H12N4O4/c1-6(16)9(12)11-13-10(14-19-11)7-4-2-3-5-8(7)15(17)18/h2-6,9,16H,12H2,1H3. The highest BCUT2D eigenvalue weighted by atomic mass is 16.6. The molecule has 0 amide bonds. The number of rotatable bonds is 4. The van der Waals surface area contributed by atoms with Crippen molar-refractivity contribution in [2.75, 3.05) is 0 Å². The Kier molecular flexibility index (Phi) is 3.54. The Morgan fingerprint density at radius 1 is 1.47 bits per heavy atom. The van der Waals surface area contributed by atoms with E-state index < -0.39 is 17.1 Å². The highest BCUT2D eigenvalue weighted by molar-refractivity contribution is 5.67. The second kappa shape index (κ2) is 5.12. The van der Waals surface area contributed by atoms with E-state index in [4.69, 9.17) is 10.3 Å². The van der Waals surface area contributed by atoms with Crippen LogP contribution in [-0.2, 0) is 0 Å². The van der Waals surface area contributed by atoms with Crippen LogP contribution in [0.25, 0.3) is 11.4 Å². The molecule has 0 saturated carbocycles. The Labute approximate surface area is 108 Å². The number of nitro benzene ring substituents is 1. The van der Waals surface area contributed by atoms with Crippen LogP contribution in [0.2, 0.25) is 0 Å². The first-order valence-electron chi connectivity index (χ1n) is 5.51. The monoisotopic (exact) mass is 264 g/mol. The number of nitro groups is 1. The molecule has 2 aromatic rings. The summed E-state index contributed by atoms with van der Waals surface area (Å²) in [6, 6.07) is 5.21. The van der Waals surface area contributed by atoms with Crippen molar-refractivity contribution >= 4 is 5.69 Å². The summed E-state index contributed by atoms with van der Waals surface area (Å²) in [7, 11) is 0. The van der Waals surface area contributed by atoms with Crippen molar-refractivity contribution in [3.8, 4) is 11.4 Å². The Hall–Kier alpha value is -2.32. The van der Waals surface area contributed by atoms with Crippen molar-refractivity contribution in [1.82, 2.24) is 10.1 Å². The average Bonchev–Trinajstić information content (AvgIpc) is 2.87. The Bertz CT molecular complexity index is 596. The van der Waals surface area contributed by atoms with Crippen LogP contribution in [0.4, 0.5) is 5.69 Å². The maximum absolute atomic E-state index is 10.9. The first-order valence-corrected chi connectivity index (χ1v) is 5.51. The smallest absolute Gasteiger partial charge is 0.280 e. The zero-order chi connectivity index (χ0) is 14.0. The number of para-hydroxylation sites is 1. The molecule has 0 bridgehead atoms. The van der Waals surface area contributed by atoms with E-state index in [0.29, 0.717) is 0 Å². The largest absolute Gasteiger partial charge is 0.391 e. The lowest BCUT2D eigenvalue weighted by Gasteiger charge is -2.08. The molecule has 1 heterocycles. The molecule has 0 aliphatic carbocycles. The van der Waals surface area contributed by atoms with Gasteiger partial charge < -0.3 is 15.4 Å². The summed E-state index contributed by atoms with van der Waals surface area (Å²) in [5.74, 6) is 0.0987. The van der Waals surface area contributed by atoms with Gasteiger partial charge in [-0.3, -0.25) is 10.1 Å². The Balaban J connectivity index is 2.41. The third kappa shape index (κ3) is 2.59. The first kappa shape index (κ1) is 13.1. The van der Waals surface area contributed by atoms with Crippen LogP contribution in [0.3, 0.4) is 0 Å². The second-order valence-corrected chi connectivity index (χ2v) is 4.00. The van der Waals surface area contributed by atoms with Crippen LogP contribution in [0.5, 0.6) is 0 Å². The van der Waals surface area contributed by atoms with Crippen molar-refractivity contribution in [3.63, 3.8) is 0 Å². The lowest BCUT2D eigenvalue weighted by atomic mass is 10.1. The van der Waals surface area contributed by atoms with E-state index in [0.717, 1.165) is 0 Å². The fraction of sp³-hybridized carbons (Fsp3) is 0.273. The fourth-order valence-corrected chi connectivity index (χ4v) is 1.51.